The van der Waals surface area contributed by atoms with E-state index >= 15 is 0 Å². The molecule has 2 amide bonds. The Balaban J connectivity index is 1.55. The first-order valence-electron chi connectivity index (χ1n) is 12.1. The van der Waals surface area contributed by atoms with Crippen molar-refractivity contribution in [3.63, 3.8) is 0 Å². The van der Waals surface area contributed by atoms with Gasteiger partial charge in [0.05, 0.1) is 6.54 Å². The van der Waals surface area contributed by atoms with Crippen molar-refractivity contribution < 1.29 is 9.59 Å². The summed E-state index contributed by atoms with van der Waals surface area (Å²) in [4.78, 5) is 29.4. The van der Waals surface area contributed by atoms with Crippen molar-refractivity contribution in [1.82, 2.24) is 14.8 Å². The van der Waals surface area contributed by atoms with Crippen molar-refractivity contribution in [3.8, 4) is 11.3 Å². The Morgan fingerprint density at radius 1 is 0.971 bits per heavy atom. The molecule has 176 valence electrons. The van der Waals surface area contributed by atoms with Crippen LogP contribution in [0.4, 0.5) is 0 Å². The maximum Gasteiger partial charge on any atom is 0.271 e. The van der Waals surface area contributed by atoms with Gasteiger partial charge in [-0.25, -0.2) is 0 Å². The zero-order valence-corrected chi connectivity index (χ0v) is 20.2. The Labute approximate surface area is 205 Å². The summed E-state index contributed by atoms with van der Waals surface area (Å²) in [5, 5.41) is 3.88. The van der Waals surface area contributed by atoms with Gasteiger partial charge in [-0.15, -0.1) is 0 Å². The van der Waals surface area contributed by atoms with Gasteiger partial charge in [0.15, 0.2) is 0 Å². The first-order chi connectivity index (χ1) is 16.5. The molecule has 5 rings (SSSR count). The standard InChI is InChI=1S/C28H30ClN3O2/c1-28(27(34)30-22-13-6-3-7-14-22)19-31-24(20-10-4-2-5-11-20)16-17-25(31)26(33)32(28)18-21-12-8-9-15-23(21)29/h2,4-5,8-12,15-17,22H,3,6-7,13-14,18-19H2,1H3,(H,30,34)/t28-/m1/s1. The Hall–Kier alpha value is -3.05. The van der Waals surface area contributed by atoms with Gasteiger partial charge in [0.25, 0.3) is 5.91 Å². The van der Waals surface area contributed by atoms with Crippen molar-refractivity contribution in [3.05, 3.63) is 83.0 Å². The van der Waals surface area contributed by atoms with Crippen molar-refractivity contribution in [2.24, 2.45) is 0 Å². The molecule has 5 nitrogen and oxygen atoms in total. The average molecular weight is 476 g/mol. The second kappa shape index (κ2) is 9.30. The molecule has 1 fully saturated rings. The second-order valence-electron chi connectivity index (χ2n) is 9.62. The summed E-state index contributed by atoms with van der Waals surface area (Å²) in [5.41, 5.74) is 2.34. The normalized spacial score (nSPS) is 20.8. The zero-order chi connectivity index (χ0) is 23.7. The lowest BCUT2D eigenvalue weighted by Gasteiger charge is -2.45. The molecule has 3 aromatic rings. The largest absolute Gasteiger partial charge is 0.351 e. The molecule has 1 atom stereocenters. The summed E-state index contributed by atoms with van der Waals surface area (Å²) in [6.07, 6.45) is 5.45. The van der Waals surface area contributed by atoms with Crippen LogP contribution in [0.5, 0.6) is 0 Å². The van der Waals surface area contributed by atoms with E-state index in [9.17, 15) is 9.59 Å². The highest BCUT2D eigenvalue weighted by Crippen LogP contribution is 2.35. The fourth-order valence-electron chi connectivity index (χ4n) is 5.27. The van der Waals surface area contributed by atoms with E-state index in [-0.39, 0.29) is 24.4 Å². The topological polar surface area (TPSA) is 54.3 Å². The number of hydrogen-bond acceptors (Lipinski definition) is 2. The molecule has 2 aromatic carbocycles. The molecule has 1 aliphatic carbocycles. The minimum atomic E-state index is -1.05. The number of halogens is 1. The minimum Gasteiger partial charge on any atom is -0.351 e. The van der Waals surface area contributed by atoms with Gasteiger partial charge >= 0.3 is 0 Å². The number of fused-ring (bicyclic) bond motifs is 1. The van der Waals surface area contributed by atoms with Crippen molar-refractivity contribution >= 4 is 23.4 Å². The molecule has 1 aromatic heterocycles. The first kappa shape index (κ1) is 22.7. The molecule has 0 saturated heterocycles. The van der Waals surface area contributed by atoms with E-state index in [0.717, 1.165) is 42.5 Å². The van der Waals surface area contributed by atoms with Gasteiger partial charge in [-0.3, -0.25) is 9.59 Å². The highest BCUT2D eigenvalue weighted by atomic mass is 35.5. The maximum absolute atomic E-state index is 13.9. The molecule has 2 aliphatic rings. The molecule has 6 heteroatoms. The van der Waals surface area contributed by atoms with Crippen LogP contribution in [-0.4, -0.2) is 32.9 Å². The smallest absolute Gasteiger partial charge is 0.271 e. The van der Waals surface area contributed by atoms with E-state index in [0.29, 0.717) is 17.3 Å². The Morgan fingerprint density at radius 3 is 2.38 bits per heavy atom. The number of benzene rings is 2. The number of amides is 2. The predicted octanol–water partition coefficient (Wildman–Crippen LogP) is 5.67. The highest BCUT2D eigenvalue weighted by molar-refractivity contribution is 6.31. The van der Waals surface area contributed by atoms with Gasteiger partial charge in [-0.1, -0.05) is 79.4 Å². The SMILES string of the molecule is C[C@]1(C(=O)NC2CCCCC2)Cn2c(ccc2-c2ccccc2)C(=O)N1Cc1ccccc1Cl. The van der Waals surface area contributed by atoms with Gasteiger partial charge in [0, 0.05) is 23.3 Å². The Morgan fingerprint density at radius 2 is 1.65 bits per heavy atom. The molecule has 34 heavy (non-hydrogen) atoms. The zero-order valence-electron chi connectivity index (χ0n) is 19.5. The summed E-state index contributed by atoms with van der Waals surface area (Å²) in [6, 6.07) is 21.5. The summed E-state index contributed by atoms with van der Waals surface area (Å²) in [5.74, 6) is -0.257. The lowest BCUT2D eigenvalue weighted by molar-refractivity contribution is -0.134. The van der Waals surface area contributed by atoms with Gasteiger partial charge in [0.1, 0.15) is 11.2 Å². The van der Waals surface area contributed by atoms with Crippen LogP contribution in [0.25, 0.3) is 11.3 Å². The molecule has 2 heterocycles. The number of aromatic nitrogens is 1. The van der Waals surface area contributed by atoms with Crippen molar-refractivity contribution in [2.75, 3.05) is 0 Å². The van der Waals surface area contributed by atoms with Crippen LogP contribution in [-0.2, 0) is 17.9 Å². The third kappa shape index (κ3) is 4.14. The number of nitrogens with zero attached hydrogens (tertiary/aromatic N) is 2. The van der Waals surface area contributed by atoms with E-state index in [4.69, 9.17) is 11.6 Å². The van der Waals surface area contributed by atoms with E-state index < -0.39 is 5.54 Å². The van der Waals surface area contributed by atoms with Gasteiger partial charge in [-0.2, -0.15) is 0 Å². The monoisotopic (exact) mass is 475 g/mol. The molecule has 0 unspecified atom stereocenters. The minimum absolute atomic E-state index is 0.0989. The van der Waals surface area contributed by atoms with E-state index in [1.807, 2.05) is 78.2 Å². The van der Waals surface area contributed by atoms with E-state index in [1.165, 1.54) is 6.42 Å². The van der Waals surface area contributed by atoms with Crippen LogP contribution in [0.2, 0.25) is 5.02 Å². The lowest BCUT2D eigenvalue weighted by Crippen LogP contribution is -2.64. The van der Waals surface area contributed by atoms with Crippen molar-refractivity contribution in [1.29, 1.82) is 0 Å². The van der Waals surface area contributed by atoms with Crippen molar-refractivity contribution in [2.45, 2.75) is 63.7 Å². The number of rotatable bonds is 5. The Kier molecular flexibility index (Phi) is 6.22. The summed E-state index contributed by atoms with van der Waals surface area (Å²) in [6.45, 7) is 2.55. The van der Waals surface area contributed by atoms with Crippen LogP contribution in [0, 0.1) is 0 Å². The van der Waals surface area contributed by atoms with Crippen LogP contribution in [0.15, 0.2) is 66.7 Å². The quantitative estimate of drug-likeness (QED) is 0.516. The number of carbonyl (C=O) groups excluding carboxylic acids is 2. The first-order valence-corrected chi connectivity index (χ1v) is 12.5. The van der Waals surface area contributed by atoms with Gasteiger partial charge in [-0.05, 0) is 49.1 Å². The third-order valence-corrected chi connectivity index (χ3v) is 7.66. The van der Waals surface area contributed by atoms with E-state index in [1.54, 1.807) is 4.90 Å². The summed E-state index contributed by atoms with van der Waals surface area (Å²) in [7, 11) is 0. The van der Waals surface area contributed by atoms with Crippen LogP contribution >= 0.6 is 11.6 Å². The number of nitrogens with one attached hydrogen (secondary N) is 1. The molecular formula is C28H30ClN3O2. The molecule has 1 saturated carbocycles. The number of carbonyl (C=O) groups is 2. The van der Waals surface area contributed by atoms with Gasteiger partial charge in [0.2, 0.25) is 5.91 Å². The van der Waals surface area contributed by atoms with E-state index in [2.05, 4.69) is 5.32 Å². The van der Waals surface area contributed by atoms with Crippen LogP contribution in [0.3, 0.4) is 0 Å². The molecule has 1 N–H and O–H groups in total. The van der Waals surface area contributed by atoms with Gasteiger partial charge < -0.3 is 14.8 Å². The predicted molar refractivity (Wildman–Crippen MR) is 135 cm³/mol. The summed E-state index contributed by atoms with van der Waals surface area (Å²) < 4.78 is 2.00. The molecular weight excluding hydrogens is 446 g/mol. The highest BCUT2D eigenvalue weighted by Gasteiger charge is 2.48. The van der Waals surface area contributed by atoms with Crippen LogP contribution in [0.1, 0.15) is 55.1 Å². The lowest BCUT2D eigenvalue weighted by atomic mass is 9.91. The third-order valence-electron chi connectivity index (χ3n) is 7.29. The number of hydrogen-bond donors (Lipinski definition) is 1. The maximum atomic E-state index is 13.9. The Bertz CT molecular complexity index is 1200. The fourth-order valence-corrected chi connectivity index (χ4v) is 5.46. The fraction of sp³-hybridized carbons (Fsp3) is 0.357. The second-order valence-corrected chi connectivity index (χ2v) is 10.0. The molecule has 0 spiro atoms. The molecule has 0 radical (unpaired) electrons. The molecule has 0 bridgehead atoms. The summed E-state index contributed by atoms with van der Waals surface area (Å²) >= 11 is 6.46. The molecule has 1 aliphatic heterocycles. The average Bonchev–Trinajstić information content (AvgIpc) is 3.27. The van der Waals surface area contributed by atoms with Crippen LogP contribution < -0.4 is 5.32 Å².